The molecule has 154 valence electrons. The molecule has 10 nitrogen and oxygen atoms in total. The van der Waals surface area contributed by atoms with Crippen molar-refractivity contribution in [3.05, 3.63) is 10.4 Å². The largest absolute Gasteiger partial charge is 0.463 e. The van der Waals surface area contributed by atoms with Crippen LogP contribution in [0, 0.1) is 0 Å². The Labute approximate surface area is 159 Å². The number of hydrogen-bond acceptors (Lipinski definition) is 8. The summed E-state index contributed by atoms with van der Waals surface area (Å²) in [5.74, 6) is -1.20. The third-order valence-corrected chi connectivity index (χ3v) is 9.23. The van der Waals surface area contributed by atoms with Gasteiger partial charge in [-0.05, 0) is 23.7 Å². The van der Waals surface area contributed by atoms with E-state index < -0.39 is 50.9 Å². The molecule has 0 bridgehead atoms. The van der Waals surface area contributed by atoms with Gasteiger partial charge in [0.05, 0.1) is 0 Å². The molecule has 5 atom stereocenters. The summed E-state index contributed by atoms with van der Waals surface area (Å²) in [5.41, 5.74) is 8.94. The number of esters is 2. The molecule has 27 heavy (non-hydrogen) atoms. The molecule has 1 N–H and O–H groups in total. The fourth-order valence-electron chi connectivity index (χ4n) is 2.31. The van der Waals surface area contributed by atoms with Crippen molar-refractivity contribution in [1.29, 1.82) is 0 Å². The molecular formula is C16H29N3O7Si. The zero-order chi connectivity index (χ0) is 21.0. The number of azide groups is 1. The van der Waals surface area contributed by atoms with Crippen LogP contribution in [0.3, 0.4) is 0 Å². The smallest absolute Gasteiger partial charge is 0.303 e. The summed E-state index contributed by atoms with van der Waals surface area (Å²) < 4.78 is 22.1. The zero-order valence-corrected chi connectivity index (χ0v) is 17.8. The molecule has 0 aromatic heterocycles. The molecule has 1 saturated heterocycles. The summed E-state index contributed by atoms with van der Waals surface area (Å²) in [4.78, 5) is 25.4. The maximum atomic E-state index is 11.5. The molecule has 0 aliphatic carbocycles. The van der Waals surface area contributed by atoms with Crippen molar-refractivity contribution in [2.24, 2.45) is 5.11 Å². The lowest BCUT2D eigenvalue weighted by atomic mass is 9.97. The van der Waals surface area contributed by atoms with Crippen molar-refractivity contribution in [3.8, 4) is 0 Å². The molecule has 1 fully saturated rings. The van der Waals surface area contributed by atoms with E-state index in [1.807, 2.05) is 33.9 Å². The quantitative estimate of drug-likeness (QED) is 0.236. The minimum Gasteiger partial charge on any atom is -0.463 e. The monoisotopic (exact) mass is 403 g/mol. The lowest BCUT2D eigenvalue weighted by molar-refractivity contribution is -0.250. The third-order valence-electron chi connectivity index (χ3n) is 4.80. The van der Waals surface area contributed by atoms with Crippen LogP contribution in [0.1, 0.15) is 34.6 Å². The number of carbonyl (C=O) groups excluding carboxylic acids is 2. The van der Waals surface area contributed by atoms with E-state index in [1.54, 1.807) is 0 Å². The van der Waals surface area contributed by atoms with Crippen LogP contribution < -0.4 is 0 Å². The highest BCUT2D eigenvalue weighted by atomic mass is 28.4. The van der Waals surface area contributed by atoms with Crippen molar-refractivity contribution in [1.82, 2.24) is 0 Å². The van der Waals surface area contributed by atoms with Gasteiger partial charge in [0, 0.05) is 18.8 Å². The van der Waals surface area contributed by atoms with Gasteiger partial charge < -0.3 is 23.7 Å². The van der Waals surface area contributed by atoms with Crippen LogP contribution in [0.15, 0.2) is 5.11 Å². The average Bonchev–Trinajstić information content (AvgIpc) is 2.50. The number of rotatable bonds is 6. The maximum Gasteiger partial charge on any atom is 0.303 e. The summed E-state index contributed by atoms with van der Waals surface area (Å²) in [5, 5.41) is 14.0. The predicted molar refractivity (Wildman–Crippen MR) is 98.1 cm³/mol. The topological polar surface area (TPSA) is 140 Å². The second kappa shape index (κ2) is 9.02. The van der Waals surface area contributed by atoms with Crippen LogP contribution in [0.4, 0.5) is 0 Å². The Morgan fingerprint density at radius 3 is 2.30 bits per heavy atom. The van der Waals surface area contributed by atoms with Gasteiger partial charge in [-0.3, -0.25) is 9.59 Å². The number of carbonyl (C=O) groups is 2. The van der Waals surface area contributed by atoms with Gasteiger partial charge >= 0.3 is 11.9 Å². The number of aliphatic hydroxyl groups is 1. The number of aliphatic hydroxyl groups excluding tert-OH is 1. The SMILES string of the molecule is CC(=O)OC[C@H]1O[C@@H](O[Si](C)(C)C(C)(C)C)[C@H](N=[N+]=[N-])[C@@H](OC(C)=O)[C@@H]1O. The van der Waals surface area contributed by atoms with Crippen LogP contribution in [0.5, 0.6) is 0 Å². The molecule has 0 aromatic carbocycles. The summed E-state index contributed by atoms with van der Waals surface area (Å²) in [7, 11) is -2.37. The Morgan fingerprint density at radius 2 is 1.85 bits per heavy atom. The van der Waals surface area contributed by atoms with E-state index in [9.17, 15) is 14.7 Å². The van der Waals surface area contributed by atoms with Gasteiger partial charge in [0.25, 0.3) is 0 Å². The predicted octanol–water partition coefficient (Wildman–Crippen LogP) is 2.27. The molecule has 0 spiro atoms. The Morgan fingerprint density at radius 1 is 1.26 bits per heavy atom. The van der Waals surface area contributed by atoms with E-state index in [-0.39, 0.29) is 11.6 Å². The highest BCUT2D eigenvalue weighted by Crippen LogP contribution is 2.39. The van der Waals surface area contributed by atoms with Crippen molar-refractivity contribution >= 4 is 20.3 Å². The lowest BCUT2D eigenvalue weighted by Gasteiger charge is -2.46. The molecule has 0 radical (unpaired) electrons. The first-order chi connectivity index (χ1) is 12.3. The third kappa shape index (κ3) is 6.18. The van der Waals surface area contributed by atoms with E-state index in [4.69, 9.17) is 24.2 Å². The Hall–Kier alpha value is -1.65. The summed E-state index contributed by atoms with van der Waals surface area (Å²) >= 11 is 0. The van der Waals surface area contributed by atoms with Crippen LogP contribution >= 0.6 is 0 Å². The molecule has 0 amide bonds. The Kier molecular flexibility index (Phi) is 7.82. The molecule has 11 heteroatoms. The summed E-state index contributed by atoms with van der Waals surface area (Å²) in [6.07, 6.45) is -4.61. The Balaban J connectivity index is 3.22. The van der Waals surface area contributed by atoms with Gasteiger partial charge in [-0.15, -0.1) is 0 Å². The van der Waals surface area contributed by atoms with Crippen molar-refractivity contribution in [2.45, 2.75) is 83.4 Å². The minimum atomic E-state index is -2.37. The zero-order valence-electron chi connectivity index (χ0n) is 16.8. The van der Waals surface area contributed by atoms with Crippen LogP contribution in [0.2, 0.25) is 18.1 Å². The van der Waals surface area contributed by atoms with Gasteiger partial charge in [0.15, 0.2) is 14.6 Å². The highest BCUT2D eigenvalue weighted by molar-refractivity contribution is 6.74. The first kappa shape index (κ1) is 23.4. The Bertz CT molecular complexity index is 601. The van der Waals surface area contributed by atoms with Gasteiger partial charge in [0.1, 0.15) is 31.0 Å². The standard InChI is InChI=1S/C16H29N3O7Si/c1-9(20)23-8-11-13(22)14(24-10(2)21)12(18-19-17)15(25-11)26-27(6,7)16(3,4)5/h11-15,22H,8H2,1-7H3/t11-,12-,13-,14-,15+/m1/s1. The summed E-state index contributed by atoms with van der Waals surface area (Å²) in [6, 6.07) is -1.09. The van der Waals surface area contributed by atoms with Gasteiger partial charge in [0.2, 0.25) is 0 Å². The van der Waals surface area contributed by atoms with Gasteiger partial charge in [-0.2, -0.15) is 0 Å². The van der Waals surface area contributed by atoms with Crippen LogP contribution in [-0.2, 0) is 28.2 Å². The highest BCUT2D eigenvalue weighted by Gasteiger charge is 2.51. The summed E-state index contributed by atoms with van der Waals surface area (Å²) in [6.45, 7) is 12.2. The van der Waals surface area contributed by atoms with Crippen molar-refractivity contribution in [2.75, 3.05) is 6.61 Å². The van der Waals surface area contributed by atoms with E-state index >= 15 is 0 Å². The van der Waals surface area contributed by atoms with E-state index in [0.717, 1.165) is 0 Å². The molecule has 0 unspecified atom stereocenters. The maximum absolute atomic E-state index is 11.5. The number of nitrogens with zero attached hydrogens (tertiary/aromatic N) is 3. The fraction of sp³-hybridized carbons (Fsp3) is 0.875. The molecule has 1 aliphatic rings. The van der Waals surface area contributed by atoms with Gasteiger partial charge in [-0.1, -0.05) is 25.9 Å². The fourth-order valence-corrected chi connectivity index (χ4v) is 3.44. The van der Waals surface area contributed by atoms with E-state index in [0.29, 0.717) is 0 Å². The minimum absolute atomic E-state index is 0.171. The van der Waals surface area contributed by atoms with E-state index in [2.05, 4.69) is 10.0 Å². The second-order valence-electron chi connectivity index (χ2n) is 7.98. The van der Waals surface area contributed by atoms with Crippen LogP contribution in [-0.4, -0.2) is 62.6 Å². The molecule has 0 saturated carbocycles. The van der Waals surface area contributed by atoms with Crippen molar-refractivity contribution in [3.63, 3.8) is 0 Å². The number of ether oxygens (including phenoxy) is 3. The lowest BCUT2D eigenvalue weighted by Crippen LogP contribution is -2.62. The molecular weight excluding hydrogens is 374 g/mol. The van der Waals surface area contributed by atoms with Crippen molar-refractivity contribution < 1.29 is 33.3 Å². The molecule has 1 aliphatic heterocycles. The average molecular weight is 404 g/mol. The second-order valence-corrected chi connectivity index (χ2v) is 12.7. The first-order valence-corrected chi connectivity index (χ1v) is 11.6. The van der Waals surface area contributed by atoms with E-state index in [1.165, 1.54) is 13.8 Å². The number of hydrogen-bond donors (Lipinski definition) is 1. The molecule has 0 aromatic rings. The normalized spacial score (nSPS) is 28.8. The van der Waals surface area contributed by atoms with Crippen LogP contribution in [0.25, 0.3) is 10.4 Å². The van der Waals surface area contributed by atoms with Gasteiger partial charge in [-0.25, -0.2) is 0 Å². The molecule has 1 rings (SSSR count). The molecule has 1 heterocycles. The first-order valence-electron chi connectivity index (χ1n) is 8.66.